The molecule has 0 aliphatic heterocycles. The van der Waals surface area contributed by atoms with E-state index in [9.17, 15) is 36.3 Å². The molecule has 3 heterocycles. The molecule has 1 N–H and O–H groups in total. The number of nitrogens with one attached hydrogen (secondary N) is 1. The summed E-state index contributed by atoms with van der Waals surface area (Å²) < 4.78 is 70.1. The molecule has 1 amide bonds. The van der Waals surface area contributed by atoms with Crippen LogP contribution in [0.5, 0.6) is 0 Å². The van der Waals surface area contributed by atoms with Crippen molar-refractivity contribution in [2.75, 3.05) is 11.9 Å². The number of pyridine rings is 1. The molecule has 0 saturated heterocycles. The van der Waals surface area contributed by atoms with E-state index in [2.05, 4.69) is 30.2 Å². The topological polar surface area (TPSA) is 137 Å². The second kappa shape index (κ2) is 12.7. The number of anilines is 1. The predicted octanol–water partition coefficient (Wildman–Crippen LogP) is 3.78. The molecule has 0 aliphatic rings. The lowest BCUT2D eigenvalue weighted by Gasteiger charge is -2.24. The Bertz CT molecular complexity index is 1670. The lowest BCUT2D eigenvalue weighted by molar-refractivity contribution is -0.239. The fourth-order valence-corrected chi connectivity index (χ4v) is 3.91. The number of amides is 1. The highest BCUT2D eigenvalue weighted by atomic mass is 35.5. The molecule has 3 aromatic heterocycles. The number of hydroxylamine groups is 2. The summed E-state index contributed by atoms with van der Waals surface area (Å²) >= 11 is 12.0. The number of carbonyl (C=O) groups is 2. The largest absolute Gasteiger partial charge is 0.493 e. The van der Waals surface area contributed by atoms with E-state index in [-0.39, 0.29) is 21.3 Å². The average molecular weight is 647 g/mol. The molecule has 43 heavy (non-hydrogen) atoms. The maximum absolute atomic E-state index is 14.5. The maximum atomic E-state index is 14.5. The highest BCUT2D eigenvalue weighted by Gasteiger charge is 2.43. The molecule has 226 valence electrons. The maximum Gasteiger partial charge on any atom is 0.493 e. The highest BCUT2D eigenvalue weighted by Crippen LogP contribution is 2.26. The Hall–Kier alpha value is -4.64. The van der Waals surface area contributed by atoms with E-state index in [1.165, 1.54) is 47.7 Å². The molecule has 0 atom stereocenters. The van der Waals surface area contributed by atoms with Crippen molar-refractivity contribution < 1.29 is 36.4 Å². The summed E-state index contributed by atoms with van der Waals surface area (Å²) in [7, 11) is 0. The van der Waals surface area contributed by atoms with Crippen molar-refractivity contribution in [3.63, 3.8) is 0 Å². The molecule has 19 heteroatoms. The standard InChI is InChI=1S/C24H17Cl2F5N8O4/c25-15-4-5-16(38-13-32-12-36-38)14(7-15)9-39(43-22(42)24(29,30)31)19(40)10-37-18(26)8-34-20(21(37)41)35-11-23(27,28)17-3-1-2-6-33-17/h1-8,12-13H,9-11H2,(H,34,35). The second-order valence-electron chi connectivity index (χ2n) is 8.51. The van der Waals surface area contributed by atoms with Crippen LogP contribution < -0.4 is 10.9 Å². The van der Waals surface area contributed by atoms with Crippen molar-refractivity contribution in [2.45, 2.75) is 25.2 Å². The molecule has 0 aliphatic carbocycles. The van der Waals surface area contributed by atoms with Crippen LogP contribution in [0.3, 0.4) is 0 Å². The molecule has 0 fully saturated rings. The summed E-state index contributed by atoms with van der Waals surface area (Å²) in [6, 6.07) is 7.96. The summed E-state index contributed by atoms with van der Waals surface area (Å²) in [5, 5.41) is 5.76. The number of hydrogen-bond donors (Lipinski definition) is 1. The summed E-state index contributed by atoms with van der Waals surface area (Å²) in [6.45, 7) is -3.01. The van der Waals surface area contributed by atoms with Crippen LogP contribution in [0, 0.1) is 0 Å². The van der Waals surface area contributed by atoms with Crippen LogP contribution in [0.4, 0.5) is 27.8 Å². The Kier molecular flexibility index (Phi) is 9.24. The molecule has 1 aromatic carbocycles. The molecule has 4 rings (SSSR count). The average Bonchev–Trinajstić information content (AvgIpc) is 3.49. The van der Waals surface area contributed by atoms with Crippen molar-refractivity contribution in [1.29, 1.82) is 0 Å². The van der Waals surface area contributed by atoms with Gasteiger partial charge in [0.05, 0.1) is 25.0 Å². The normalized spacial score (nSPS) is 11.7. The smallest absolute Gasteiger partial charge is 0.359 e. The van der Waals surface area contributed by atoms with Crippen molar-refractivity contribution in [3.05, 3.63) is 93.2 Å². The summed E-state index contributed by atoms with van der Waals surface area (Å²) in [4.78, 5) is 53.3. The summed E-state index contributed by atoms with van der Waals surface area (Å²) in [5.74, 6) is -8.30. The first kappa shape index (κ1) is 31.3. The van der Waals surface area contributed by atoms with E-state index < -0.39 is 65.8 Å². The molecule has 0 bridgehead atoms. The van der Waals surface area contributed by atoms with Gasteiger partial charge in [0.25, 0.3) is 11.5 Å². The van der Waals surface area contributed by atoms with Gasteiger partial charge in [-0.15, -0.1) is 0 Å². The first-order valence-corrected chi connectivity index (χ1v) is 12.5. The second-order valence-corrected chi connectivity index (χ2v) is 9.34. The van der Waals surface area contributed by atoms with Gasteiger partial charge in [0.1, 0.15) is 30.0 Å². The van der Waals surface area contributed by atoms with Crippen LogP contribution >= 0.6 is 23.2 Å². The van der Waals surface area contributed by atoms with E-state index >= 15 is 0 Å². The van der Waals surface area contributed by atoms with Gasteiger partial charge < -0.3 is 10.2 Å². The van der Waals surface area contributed by atoms with Gasteiger partial charge in [-0.25, -0.2) is 19.4 Å². The zero-order valence-electron chi connectivity index (χ0n) is 21.3. The van der Waals surface area contributed by atoms with Gasteiger partial charge in [-0.1, -0.05) is 29.3 Å². The molecular formula is C24H17Cl2F5N8O4. The molecule has 0 saturated carbocycles. The minimum Gasteiger partial charge on any atom is -0.359 e. The van der Waals surface area contributed by atoms with E-state index in [0.29, 0.717) is 4.57 Å². The first-order valence-electron chi connectivity index (χ1n) is 11.8. The van der Waals surface area contributed by atoms with Gasteiger partial charge in [0.15, 0.2) is 5.82 Å². The lowest BCUT2D eigenvalue weighted by atomic mass is 10.1. The number of benzene rings is 1. The van der Waals surface area contributed by atoms with E-state index in [4.69, 9.17) is 23.2 Å². The van der Waals surface area contributed by atoms with Gasteiger partial charge in [-0.3, -0.25) is 19.1 Å². The third kappa shape index (κ3) is 7.61. The van der Waals surface area contributed by atoms with Gasteiger partial charge in [-0.2, -0.15) is 32.1 Å². The Balaban J connectivity index is 1.62. The van der Waals surface area contributed by atoms with Crippen molar-refractivity contribution in [2.24, 2.45) is 0 Å². The number of aromatic nitrogens is 6. The van der Waals surface area contributed by atoms with Crippen LogP contribution in [-0.2, 0) is 33.4 Å². The summed E-state index contributed by atoms with van der Waals surface area (Å²) in [5.41, 5.74) is -1.50. The van der Waals surface area contributed by atoms with Crippen LogP contribution in [0.25, 0.3) is 5.69 Å². The van der Waals surface area contributed by atoms with Crippen molar-refractivity contribution >= 4 is 40.9 Å². The monoisotopic (exact) mass is 646 g/mol. The molecule has 12 nitrogen and oxygen atoms in total. The van der Waals surface area contributed by atoms with Crippen LogP contribution in [-0.4, -0.2) is 59.0 Å². The van der Waals surface area contributed by atoms with Crippen LogP contribution in [0.15, 0.2) is 66.2 Å². The van der Waals surface area contributed by atoms with Crippen molar-refractivity contribution in [1.82, 2.24) is 34.4 Å². The molecule has 0 unspecified atom stereocenters. The fraction of sp³-hybridized carbons (Fsp3) is 0.208. The van der Waals surface area contributed by atoms with E-state index in [1.54, 1.807) is 0 Å². The number of carbonyl (C=O) groups excluding carboxylic acids is 2. The van der Waals surface area contributed by atoms with E-state index in [0.717, 1.165) is 18.5 Å². The van der Waals surface area contributed by atoms with Gasteiger partial charge in [0, 0.05) is 16.8 Å². The van der Waals surface area contributed by atoms with Gasteiger partial charge >= 0.3 is 18.1 Å². The molecule has 4 aromatic rings. The van der Waals surface area contributed by atoms with Crippen LogP contribution in [0.1, 0.15) is 11.3 Å². The first-order chi connectivity index (χ1) is 20.3. The molecule has 0 spiro atoms. The number of hydrogen-bond acceptors (Lipinski definition) is 9. The summed E-state index contributed by atoms with van der Waals surface area (Å²) in [6.07, 6.45) is -1.08. The zero-order chi connectivity index (χ0) is 31.4. The number of nitrogens with zero attached hydrogens (tertiary/aromatic N) is 7. The highest BCUT2D eigenvalue weighted by molar-refractivity contribution is 6.30. The fourth-order valence-electron chi connectivity index (χ4n) is 3.53. The molecule has 0 radical (unpaired) electrons. The number of halogens is 7. The predicted molar refractivity (Wildman–Crippen MR) is 139 cm³/mol. The number of alkyl halides is 5. The number of rotatable bonds is 9. The van der Waals surface area contributed by atoms with Crippen molar-refractivity contribution in [3.8, 4) is 5.69 Å². The third-order valence-corrected chi connectivity index (χ3v) is 6.08. The van der Waals surface area contributed by atoms with Gasteiger partial charge in [-0.05, 0) is 30.3 Å². The molecular weight excluding hydrogens is 630 g/mol. The SMILES string of the molecule is O=C(Cn1c(Cl)cnc(NCC(F)(F)c2ccccn2)c1=O)N(Cc1cc(Cl)ccc1-n1cncn1)OC(=O)C(F)(F)F. The quantitative estimate of drug-likeness (QED) is 0.213. The van der Waals surface area contributed by atoms with Crippen LogP contribution in [0.2, 0.25) is 10.2 Å². The third-order valence-electron chi connectivity index (χ3n) is 5.54. The lowest BCUT2D eigenvalue weighted by Crippen LogP contribution is -2.41. The zero-order valence-corrected chi connectivity index (χ0v) is 22.8. The minimum absolute atomic E-state index is 0.0490. The van der Waals surface area contributed by atoms with E-state index in [1.807, 2.05) is 0 Å². The Morgan fingerprint density at radius 1 is 1.07 bits per heavy atom. The Morgan fingerprint density at radius 2 is 1.84 bits per heavy atom. The Labute approximate surface area is 247 Å². The van der Waals surface area contributed by atoms with Gasteiger partial charge in [0.2, 0.25) is 0 Å². The minimum atomic E-state index is -5.50. The Morgan fingerprint density at radius 3 is 2.49 bits per heavy atom.